The van der Waals surface area contributed by atoms with Crippen molar-refractivity contribution in [3.8, 4) is 11.4 Å². The van der Waals surface area contributed by atoms with Gasteiger partial charge in [-0.05, 0) is 13.8 Å². The highest BCUT2D eigenvalue weighted by Gasteiger charge is 2.18. The molecule has 0 spiro atoms. The number of nitrogens with zero attached hydrogens (tertiary/aromatic N) is 3. The minimum Gasteiger partial charge on any atom is -0.389 e. The lowest BCUT2D eigenvalue weighted by atomic mass is 10.1. The van der Waals surface area contributed by atoms with Crippen LogP contribution in [-0.4, -0.2) is 58.6 Å². The van der Waals surface area contributed by atoms with E-state index in [1.54, 1.807) is 18.7 Å². The Bertz CT molecular complexity index is 689. The molecule has 134 valence electrons. The molecule has 1 N–H and O–H groups in total. The molecule has 5 nitrogen and oxygen atoms in total. The predicted octanol–water partition coefficient (Wildman–Crippen LogP) is 2.93. The Morgan fingerprint density at radius 3 is 2.60 bits per heavy atom. The summed E-state index contributed by atoms with van der Waals surface area (Å²) in [6, 6.07) is 9.99. The van der Waals surface area contributed by atoms with E-state index in [2.05, 4.69) is 9.88 Å². The topological polar surface area (TPSA) is 58.5 Å². The van der Waals surface area contributed by atoms with Crippen LogP contribution in [0.2, 0.25) is 0 Å². The van der Waals surface area contributed by atoms with Crippen LogP contribution in [0, 0.1) is 6.92 Å². The highest BCUT2D eigenvalue weighted by atomic mass is 32.2. The Kier molecular flexibility index (Phi) is 6.42. The standard InChI is InChI=1S/C19H25N3O2S/c1-14-17(15(2)23)19(25-13-10-22-8-11-24-12-9-22)21-18(20-14)16-6-4-3-5-7-16/h3-7,15,23H,8-13H2,1-2H3/t15-/m0/s1. The van der Waals surface area contributed by atoms with E-state index in [0.29, 0.717) is 0 Å². The van der Waals surface area contributed by atoms with Crippen molar-refractivity contribution in [2.75, 3.05) is 38.6 Å². The van der Waals surface area contributed by atoms with Crippen LogP contribution in [0.3, 0.4) is 0 Å². The van der Waals surface area contributed by atoms with Gasteiger partial charge in [-0.25, -0.2) is 9.97 Å². The lowest BCUT2D eigenvalue weighted by molar-refractivity contribution is 0.0410. The van der Waals surface area contributed by atoms with Crippen molar-refractivity contribution in [2.24, 2.45) is 0 Å². The molecule has 0 amide bonds. The molecule has 1 aliphatic heterocycles. The van der Waals surface area contributed by atoms with E-state index in [-0.39, 0.29) is 0 Å². The molecule has 0 aliphatic carbocycles. The van der Waals surface area contributed by atoms with Crippen LogP contribution in [-0.2, 0) is 4.74 Å². The number of thioether (sulfide) groups is 1. The number of benzene rings is 1. The number of ether oxygens (including phenoxy) is 1. The number of hydrogen-bond donors (Lipinski definition) is 1. The molecule has 2 heterocycles. The number of aryl methyl sites for hydroxylation is 1. The fourth-order valence-corrected chi connectivity index (χ4v) is 4.13. The van der Waals surface area contributed by atoms with Crippen molar-refractivity contribution in [3.05, 3.63) is 41.6 Å². The molecule has 0 saturated carbocycles. The molecule has 0 unspecified atom stereocenters. The quantitative estimate of drug-likeness (QED) is 0.632. The number of aliphatic hydroxyl groups is 1. The van der Waals surface area contributed by atoms with Crippen LogP contribution in [0.15, 0.2) is 35.4 Å². The molecule has 1 aliphatic rings. The highest BCUT2D eigenvalue weighted by molar-refractivity contribution is 7.99. The zero-order valence-electron chi connectivity index (χ0n) is 14.8. The van der Waals surface area contributed by atoms with E-state index >= 15 is 0 Å². The first-order valence-corrected chi connectivity index (χ1v) is 9.68. The Balaban J connectivity index is 1.78. The van der Waals surface area contributed by atoms with E-state index in [1.807, 2.05) is 37.3 Å². The Hall–Kier alpha value is -1.47. The summed E-state index contributed by atoms with van der Waals surface area (Å²) in [5.74, 6) is 1.65. The Labute approximate surface area is 153 Å². The first-order valence-electron chi connectivity index (χ1n) is 8.70. The summed E-state index contributed by atoms with van der Waals surface area (Å²) in [6.07, 6.45) is -0.573. The van der Waals surface area contributed by atoms with Crippen LogP contribution in [0.4, 0.5) is 0 Å². The third-order valence-corrected chi connectivity index (χ3v) is 5.27. The van der Waals surface area contributed by atoms with E-state index in [0.717, 1.165) is 66.3 Å². The van der Waals surface area contributed by atoms with Crippen LogP contribution in [0.5, 0.6) is 0 Å². The second-order valence-corrected chi connectivity index (χ2v) is 7.28. The third-order valence-electron chi connectivity index (χ3n) is 4.30. The van der Waals surface area contributed by atoms with Crippen molar-refractivity contribution in [1.29, 1.82) is 0 Å². The summed E-state index contributed by atoms with van der Waals surface area (Å²) in [6.45, 7) is 8.33. The number of rotatable bonds is 6. The molecule has 3 rings (SSSR count). The van der Waals surface area contributed by atoms with Crippen LogP contribution in [0.1, 0.15) is 24.3 Å². The first kappa shape index (κ1) is 18.3. The van der Waals surface area contributed by atoms with Crippen LogP contribution >= 0.6 is 11.8 Å². The van der Waals surface area contributed by atoms with E-state index in [9.17, 15) is 5.11 Å². The predicted molar refractivity (Wildman–Crippen MR) is 101 cm³/mol. The first-order chi connectivity index (χ1) is 12.1. The third kappa shape index (κ3) is 4.79. The average molecular weight is 359 g/mol. The number of aromatic nitrogens is 2. The maximum absolute atomic E-state index is 10.2. The number of hydrogen-bond acceptors (Lipinski definition) is 6. The number of morpholine rings is 1. The van der Waals surface area contributed by atoms with Gasteiger partial charge < -0.3 is 9.84 Å². The second-order valence-electron chi connectivity index (χ2n) is 6.20. The van der Waals surface area contributed by atoms with Crippen molar-refractivity contribution >= 4 is 11.8 Å². The Morgan fingerprint density at radius 1 is 1.20 bits per heavy atom. The molecule has 1 aromatic carbocycles. The van der Waals surface area contributed by atoms with Gasteiger partial charge in [0.05, 0.1) is 19.3 Å². The van der Waals surface area contributed by atoms with Gasteiger partial charge in [-0.15, -0.1) is 11.8 Å². The van der Waals surface area contributed by atoms with Crippen LogP contribution in [0.25, 0.3) is 11.4 Å². The zero-order chi connectivity index (χ0) is 17.6. The van der Waals surface area contributed by atoms with E-state index in [1.165, 1.54) is 0 Å². The largest absolute Gasteiger partial charge is 0.389 e. The van der Waals surface area contributed by atoms with E-state index in [4.69, 9.17) is 9.72 Å². The lowest BCUT2D eigenvalue weighted by Crippen LogP contribution is -2.37. The highest BCUT2D eigenvalue weighted by Crippen LogP contribution is 2.30. The smallest absolute Gasteiger partial charge is 0.160 e. The molecule has 1 aromatic heterocycles. The molecule has 6 heteroatoms. The molecule has 2 aromatic rings. The van der Waals surface area contributed by atoms with Gasteiger partial charge in [-0.1, -0.05) is 30.3 Å². The monoisotopic (exact) mass is 359 g/mol. The van der Waals surface area contributed by atoms with Crippen molar-refractivity contribution in [2.45, 2.75) is 25.0 Å². The van der Waals surface area contributed by atoms with Gasteiger partial charge >= 0.3 is 0 Å². The molecular formula is C19H25N3O2S. The minimum absolute atomic E-state index is 0.573. The minimum atomic E-state index is -0.573. The van der Waals surface area contributed by atoms with Crippen LogP contribution < -0.4 is 0 Å². The van der Waals surface area contributed by atoms with Gasteiger partial charge in [-0.2, -0.15) is 0 Å². The molecule has 0 radical (unpaired) electrons. The summed E-state index contributed by atoms with van der Waals surface area (Å²) in [4.78, 5) is 11.8. The fraction of sp³-hybridized carbons (Fsp3) is 0.474. The normalized spacial score (nSPS) is 16.8. The number of aliphatic hydroxyl groups excluding tert-OH is 1. The van der Waals surface area contributed by atoms with Gasteiger partial charge in [0.15, 0.2) is 5.82 Å². The van der Waals surface area contributed by atoms with Gasteiger partial charge in [0.2, 0.25) is 0 Å². The summed E-state index contributed by atoms with van der Waals surface area (Å²) < 4.78 is 5.39. The summed E-state index contributed by atoms with van der Waals surface area (Å²) in [5.41, 5.74) is 2.68. The Morgan fingerprint density at radius 2 is 1.92 bits per heavy atom. The van der Waals surface area contributed by atoms with Crippen molar-refractivity contribution < 1.29 is 9.84 Å². The van der Waals surface area contributed by atoms with E-state index < -0.39 is 6.10 Å². The summed E-state index contributed by atoms with van der Waals surface area (Å²) >= 11 is 1.70. The summed E-state index contributed by atoms with van der Waals surface area (Å²) in [7, 11) is 0. The molecule has 25 heavy (non-hydrogen) atoms. The van der Waals surface area contributed by atoms with Gasteiger partial charge in [0, 0.05) is 42.2 Å². The molecule has 1 fully saturated rings. The average Bonchev–Trinajstić information content (AvgIpc) is 2.62. The van der Waals surface area contributed by atoms with Gasteiger partial charge in [0.25, 0.3) is 0 Å². The summed E-state index contributed by atoms with van der Waals surface area (Å²) in [5, 5.41) is 11.1. The van der Waals surface area contributed by atoms with Gasteiger partial charge in [0.1, 0.15) is 5.03 Å². The maximum Gasteiger partial charge on any atom is 0.160 e. The van der Waals surface area contributed by atoms with Crippen molar-refractivity contribution in [3.63, 3.8) is 0 Å². The van der Waals surface area contributed by atoms with Gasteiger partial charge in [-0.3, -0.25) is 4.90 Å². The fourth-order valence-electron chi connectivity index (χ4n) is 2.96. The molecule has 0 bridgehead atoms. The SMILES string of the molecule is Cc1nc(-c2ccccc2)nc(SCCN2CCOCC2)c1[C@H](C)O. The molecule has 1 atom stereocenters. The molecular weight excluding hydrogens is 334 g/mol. The zero-order valence-corrected chi connectivity index (χ0v) is 15.6. The maximum atomic E-state index is 10.2. The molecule has 1 saturated heterocycles. The lowest BCUT2D eigenvalue weighted by Gasteiger charge is -2.26. The second kappa shape index (κ2) is 8.76. The van der Waals surface area contributed by atoms with Crippen molar-refractivity contribution in [1.82, 2.24) is 14.9 Å².